The second-order valence-electron chi connectivity index (χ2n) is 9.04. The average Bonchev–Trinajstić information content (AvgIpc) is 3.20. The molecule has 0 saturated carbocycles. The highest BCUT2D eigenvalue weighted by Gasteiger charge is 2.17. The summed E-state index contributed by atoms with van der Waals surface area (Å²) in [6.45, 7) is 4.26. The number of aromatic nitrogens is 1. The summed E-state index contributed by atoms with van der Waals surface area (Å²) >= 11 is 2.41. The van der Waals surface area contributed by atoms with Crippen molar-refractivity contribution in [3.63, 3.8) is 0 Å². The van der Waals surface area contributed by atoms with E-state index in [2.05, 4.69) is 161 Å². The van der Waals surface area contributed by atoms with E-state index in [4.69, 9.17) is 0 Å². The predicted molar refractivity (Wildman–Crippen MR) is 158 cm³/mol. The predicted octanol–water partition coefficient (Wildman–Crippen LogP) is 9.47. The van der Waals surface area contributed by atoms with Gasteiger partial charge >= 0.3 is 0 Å². The Morgan fingerprint density at radius 3 is 1.66 bits per heavy atom. The third-order valence-electron chi connectivity index (χ3n) is 6.57. The maximum Gasteiger partial charge on any atom is 0.0542 e. The summed E-state index contributed by atoms with van der Waals surface area (Å²) in [5, 5.41) is 2.52. The summed E-state index contributed by atoms with van der Waals surface area (Å²) in [6, 6.07) is 41.7. The zero-order valence-corrected chi connectivity index (χ0v) is 21.9. The van der Waals surface area contributed by atoms with Gasteiger partial charge in [-0.2, -0.15) is 0 Å². The molecule has 0 amide bonds. The van der Waals surface area contributed by atoms with Crippen molar-refractivity contribution in [1.29, 1.82) is 0 Å². The van der Waals surface area contributed by atoms with E-state index in [1.807, 2.05) is 0 Å². The number of hydrogen-bond acceptors (Lipinski definition) is 1. The highest BCUT2D eigenvalue weighted by molar-refractivity contribution is 14.1. The van der Waals surface area contributed by atoms with Crippen LogP contribution in [0.2, 0.25) is 0 Å². The van der Waals surface area contributed by atoms with Gasteiger partial charge in [0.25, 0.3) is 0 Å². The maximum absolute atomic E-state index is 2.41. The van der Waals surface area contributed by atoms with Crippen molar-refractivity contribution in [3.8, 4) is 5.69 Å². The zero-order valence-electron chi connectivity index (χ0n) is 19.7. The summed E-state index contributed by atoms with van der Waals surface area (Å²) in [6.07, 6.45) is 0. The minimum Gasteiger partial charge on any atom is -0.310 e. The Morgan fingerprint density at radius 1 is 0.543 bits per heavy atom. The smallest absolute Gasteiger partial charge is 0.0542 e. The first kappa shape index (κ1) is 21.9. The van der Waals surface area contributed by atoms with Crippen LogP contribution in [-0.4, -0.2) is 4.57 Å². The molecule has 0 aliphatic rings. The van der Waals surface area contributed by atoms with Crippen LogP contribution in [-0.2, 0) is 0 Å². The average molecular weight is 564 g/mol. The lowest BCUT2D eigenvalue weighted by Gasteiger charge is -2.26. The molecule has 6 rings (SSSR count). The fraction of sp³-hybridized carbons (Fsp3) is 0.0625. The van der Waals surface area contributed by atoms with Gasteiger partial charge in [-0.3, -0.25) is 0 Å². The molecule has 5 aromatic carbocycles. The van der Waals surface area contributed by atoms with E-state index in [0.717, 1.165) is 17.1 Å². The first-order valence-electron chi connectivity index (χ1n) is 11.8. The van der Waals surface area contributed by atoms with E-state index in [9.17, 15) is 0 Å². The third-order valence-corrected chi connectivity index (χ3v) is 7.24. The van der Waals surface area contributed by atoms with Crippen LogP contribution in [0.1, 0.15) is 11.1 Å². The number of aryl methyl sites for hydroxylation is 2. The molecule has 0 aliphatic heterocycles. The Kier molecular flexibility index (Phi) is 5.57. The summed E-state index contributed by atoms with van der Waals surface area (Å²) in [5.41, 5.74) is 9.58. The number of hydrogen-bond donors (Lipinski definition) is 0. The first-order valence-corrected chi connectivity index (χ1v) is 12.9. The largest absolute Gasteiger partial charge is 0.310 e. The van der Waals surface area contributed by atoms with E-state index in [1.165, 1.54) is 42.2 Å². The third kappa shape index (κ3) is 4.00. The molecule has 6 aromatic rings. The molecule has 0 unspecified atom stereocenters. The van der Waals surface area contributed by atoms with Gasteiger partial charge in [0.1, 0.15) is 0 Å². The van der Waals surface area contributed by atoms with Crippen LogP contribution >= 0.6 is 22.6 Å². The summed E-state index contributed by atoms with van der Waals surface area (Å²) in [5.74, 6) is 0. The van der Waals surface area contributed by atoms with Crippen LogP contribution in [0.15, 0.2) is 115 Å². The van der Waals surface area contributed by atoms with E-state index >= 15 is 0 Å². The number of halogens is 1. The lowest BCUT2D eigenvalue weighted by atomic mass is 10.1. The van der Waals surface area contributed by atoms with Crippen LogP contribution in [0, 0.1) is 17.4 Å². The Morgan fingerprint density at radius 2 is 1.06 bits per heavy atom. The molecule has 0 aliphatic carbocycles. The van der Waals surface area contributed by atoms with Crippen LogP contribution in [0.3, 0.4) is 0 Å². The number of fused-ring (bicyclic) bond motifs is 3. The molecular formula is C32H25IN2. The maximum atomic E-state index is 2.41. The minimum absolute atomic E-state index is 1.15. The van der Waals surface area contributed by atoms with Gasteiger partial charge in [0.15, 0.2) is 0 Å². The second-order valence-corrected chi connectivity index (χ2v) is 10.3. The lowest BCUT2D eigenvalue weighted by molar-refractivity contribution is 1.18. The molecule has 0 bridgehead atoms. The molecular weight excluding hydrogens is 539 g/mol. The topological polar surface area (TPSA) is 8.17 Å². The molecule has 35 heavy (non-hydrogen) atoms. The molecule has 0 fully saturated rings. The highest BCUT2D eigenvalue weighted by Crippen LogP contribution is 2.40. The van der Waals surface area contributed by atoms with Gasteiger partial charge in [0, 0.05) is 37.1 Å². The molecule has 0 N–H and O–H groups in total. The number of nitrogens with zero attached hydrogens (tertiary/aromatic N) is 2. The summed E-state index contributed by atoms with van der Waals surface area (Å²) in [7, 11) is 0. The van der Waals surface area contributed by atoms with Gasteiger partial charge in [0.05, 0.1) is 11.0 Å². The highest BCUT2D eigenvalue weighted by atomic mass is 127. The van der Waals surface area contributed by atoms with Crippen LogP contribution in [0.25, 0.3) is 27.5 Å². The molecule has 1 aromatic heterocycles. The molecule has 3 heteroatoms. The number of benzene rings is 5. The van der Waals surface area contributed by atoms with Gasteiger partial charge in [-0.15, -0.1) is 0 Å². The number of rotatable bonds is 4. The monoisotopic (exact) mass is 564 g/mol. The van der Waals surface area contributed by atoms with E-state index in [0.29, 0.717) is 0 Å². The van der Waals surface area contributed by atoms with Gasteiger partial charge in [-0.1, -0.05) is 53.6 Å². The van der Waals surface area contributed by atoms with Crippen molar-refractivity contribution < 1.29 is 0 Å². The SMILES string of the molecule is Cc1ccc(N(c2ccc(C)cc2)c2ccc3c(c2)c2cc(I)ccc2n3-c2ccccc2)cc1. The fourth-order valence-corrected chi connectivity index (χ4v) is 5.30. The Hall–Kier alpha value is -3.57. The number of anilines is 3. The second kappa shape index (κ2) is 8.90. The zero-order chi connectivity index (χ0) is 23.9. The molecule has 0 radical (unpaired) electrons. The molecule has 0 saturated heterocycles. The summed E-state index contributed by atoms with van der Waals surface area (Å²) in [4.78, 5) is 2.35. The van der Waals surface area contributed by atoms with Crippen molar-refractivity contribution in [3.05, 3.63) is 130 Å². The van der Waals surface area contributed by atoms with E-state index in [1.54, 1.807) is 0 Å². The van der Waals surface area contributed by atoms with Crippen molar-refractivity contribution in [1.82, 2.24) is 4.57 Å². The van der Waals surface area contributed by atoms with Crippen LogP contribution in [0.5, 0.6) is 0 Å². The van der Waals surface area contributed by atoms with Gasteiger partial charge in [-0.25, -0.2) is 0 Å². The van der Waals surface area contributed by atoms with Gasteiger partial charge in [-0.05, 0) is 109 Å². The van der Waals surface area contributed by atoms with E-state index < -0.39 is 0 Å². The van der Waals surface area contributed by atoms with Gasteiger partial charge in [0.2, 0.25) is 0 Å². The quantitative estimate of drug-likeness (QED) is 0.194. The van der Waals surface area contributed by atoms with E-state index in [-0.39, 0.29) is 0 Å². The van der Waals surface area contributed by atoms with Crippen molar-refractivity contribution in [2.45, 2.75) is 13.8 Å². The van der Waals surface area contributed by atoms with Crippen molar-refractivity contribution in [2.75, 3.05) is 4.90 Å². The normalized spacial score (nSPS) is 11.3. The van der Waals surface area contributed by atoms with Crippen LogP contribution < -0.4 is 4.90 Å². The molecule has 0 spiro atoms. The molecule has 0 atom stereocenters. The van der Waals surface area contributed by atoms with Crippen molar-refractivity contribution >= 4 is 61.5 Å². The Bertz CT molecular complexity index is 1600. The lowest BCUT2D eigenvalue weighted by Crippen LogP contribution is -2.09. The van der Waals surface area contributed by atoms with Crippen molar-refractivity contribution in [2.24, 2.45) is 0 Å². The summed E-state index contributed by atoms with van der Waals surface area (Å²) < 4.78 is 3.61. The fourth-order valence-electron chi connectivity index (χ4n) is 4.81. The first-order chi connectivity index (χ1) is 17.1. The molecule has 1 heterocycles. The minimum atomic E-state index is 1.15. The molecule has 170 valence electrons. The number of para-hydroxylation sites is 1. The molecule has 2 nitrogen and oxygen atoms in total. The van der Waals surface area contributed by atoms with Gasteiger partial charge < -0.3 is 9.47 Å². The van der Waals surface area contributed by atoms with Crippen LogP contribution in [0.4, 0.5) is 17.1 Å². The Labute approximate surface area is 219 Å². The Balaban J connectivity index is 1.62. The standard InChI is InChI=1S/C32H25IN2/c1-22-8-13-26(14-9-22)34(27-15-10-23(2)11-16-27)28-17-19-32-30(21-28)29-20-24(33)12-18-31(29)35(32)25-6-4-3-5-7-25/h3-21H,1-2H3.